The number of nitrogens with zero attached hydrogens (tertiary/aromatic N) is 3. The Morgan fingerprint density at radius 2 is 1.96 bits per heavy atom. The van der Waals surface area contributed by atoms with Gasteiger partial charge in [-0.1, -0.05) is 18.2 Å². The highest BCUT2D eigenvalue weighted by atomic mass is 16.5. The Morgan fingerprint density at radius 3 is 2.86 bits per heavy atom. The molecule has 5 aromatic rings. The quantitative estimate of drug-likeness (QED) is 0.491. The zero-order valence-corrected chi connectivity index (χ0v) is 15.3. The molecule has 0 amide bonds. The van der Waals surface area contributed by atoms with Crippen LogP contribution in [0.1, 0.15) is 11.5 Å². The largest absolute Gasteiger partial charge is 0.497 e. The summed E-state index contributed by atoms with van der Waals surface area (Å²) in [6.07, 6.45) is 5.09. The Hall–Kier alpha value is -3.67. The van der Waals surface area contributed by atoms with Crippen molar-refractivity contribution in [3.63, 3.8) is 0 Å². The van der Waals surface area contributed by atoms with Crippen LogP contribution in [0.15, 0.2) is 65.3 Å². The lowest BCUT2D eigenvalue weighted by Gasteiger charge is -2.02. The molecule has 4 aromatic heterocycles. The summed E-state index contributed by atoms with van der Waals surface area (Å²) in [5, 5.41) is 1.08. The fraction of sp³-hybridized carbons (Fsp3) is 0.136. The van der Waals surface area contributed by atoms with Gasteiger partial charge in [-0.05, 0) is 30.7 Å². The minimum absolute atomic E-state index is 0.747. The molecule has 0 unspecified atom stereocenters. The molecule has 28 heavy (non-hydrogen) atoms. The number of furan rings is 1. The Morgan fingerprint density at radius 1 is 1.04 bits per heavy atom. The lowest BCUT2D eigenvalue weighted by Crippen LogP contribution is -1.96. The molecule has 4 heterocycles. The summed E-state index contributed by atoms with van der Waals surface area (Å²) in [6, 6.07) is 15.8. The van der Waals surface area contributed by atoms with E-state index in [0.29, 0.717) is 0 Å². The molecule has 6 heteroatoms. The van der Waals surface area contributed by atoms with Crippen molar-refractivity contribution in [3.8, 4) is 17.1 Å². The van der Waals surface area contributed by atoms with Crippen LogP contribution in [0.25, 0.3) is 33.5 Å². The van der Waals surface area contributed by atoms with E-state index >= 15 is 0 Å². The van der Waals surface area contributed by atoms with Crippen molar-refractivity contribution < 1.29 is 9.15 Å². The zero-order chi connectivity index (χ0) is 18.9. The molecule has 0 aliphatic heterocycles. The van der Waals surface area contributed by atoms with Crippen LogP contribution in [0, 0.1) is 0 Å². The summed E-state index contributed by atoms with van der Waals surface area (Å²) in [5.74, 6) is 2.49. The molecule has 6 nitrogen and oxygen atoms in total. The first-order valence-corrected chi connectivity index (χ1v) is 9.11. The van der Waals surface area contributed by atoms with Gasteiger partial charge in [0.15, 0.2) is 5.65 Å². The molecular weight excluding hydrogens is 352 g/mol. The number of methoxy groups -OCH3 is 1. The number of ether oxygens (including phenoxy) is 1. The maximum Gasteiger partial charge on any atom is 0.157 e. The van der Waals surface area contributed by atoms with E-state index in [4.69, 9.17) is 14.1 Å². The monoisotopic (exact) mass is 370 g/mol. The first kappa shape index (κ1) is 16.5. The Labute approximate surface area is 161 Å². The molecule has 0 saturated heterocycles. The molecule has 0 spiro atoms. The minimum atomic E-state index is 0.747. The van der Waals surface area contributed by atoms with Crippen LogP contribution in [0.5, 0.6) is 5.75 Å². The average Bonchev–Trinajstić information content (AvgIpc) is 3.35. The molecule has 0 radical (unpaired) electrons. The van der Waals surface area contributed by atoms with Crippen LogP contribution in [0.2, 0.25) is 0 Å². The molecule has 0 aliphatic rings. The lowest BCUT2D eigenvalue weighted by molar-refractivity contribution is 0.413. The molecule has 1 aromatic carbocycles. The number of para-hydroxylation sites is 1. The Kier molecular flexibility index (Phi) is 4.01. The maximum absolute atomic E-state index is 5.94. The van der Waals surface area contributed by atoms with E-state index in [9.17, 15) is 0 Å². The van der Waals surface area contributed by atoms with Crippen molar-refractivity contribution in [2.24, 2.45) is 0 Å². The minimum Gasteiger partial charge on any atom is -0.497 e. The van der Waals surface area contributed by atoms with E-state index in [1.807, 2.05) is 54.7 Å². The molecular formula is C22H18N4O2. The summed E-state index contributed by atoms with van der Waals surface area (Å²) in [5.41, 5.74) is 4.35. The van der Waals surface area contributed by atoms with E-state index in [1.54, 1.807) is 13.3 Å². The van der Waals surface area contributed by atoms with E-state index in [1.165, 1.54) is 0 Å². The van der Waals surface area contributed by atoms with Gasteiger partial charge in [-0.25, -0.2) is 9.97 Å². The third-order valence-electron chi connectivity index (χ3n) is 4.74. The fourth-order valence-corrected chi connectivity index (χ4v) is 3.29. The fourth-order valence-electron chi connectivity index (χ4n) is 3.29. The van der Waals surface area contributed by atoms with Crippen molar-refractivity contribution in [1.82, 2.24) is 19.9 Å². The Balaban J connectivity index is 1.40. The first-order valence-electron chi connectivity index (χ1n) is 9.11. The molecule has 0 aliphatic carbocycles. The highest BCUT2D eigenvalue weighted by Gasteiger charge is 2.10. The number of hydrogen-bond donors (Lipinski definition) is 1. The van der Waals surface area contributed by atoms with Crippen LogP contribution in [-0.4, -0.2) is 27.0 Å². The number of benzene rings is 1. The summed E-state index contributed by atoms with van der Waals surface area (Å²) in [4.78, 5) is 16.9. The normalized spacial score (nSPS) is 11.3. The highest BCUT2D eigenvalue weighted by molar-refractivity contribution is 5.84. The third-order valence-corrected chi connectivity index (χ3v) is 4.74. The maximum atomic E-state index is 5.94. The number of aromatic nitrogens is 4. The highest BCUT2D eigenvalue weighted by Crippen LogP contribution is 2.28. The topological polar surface area (TPSA) is 76.8 Å². The second-order valence-corrected chi connectivity index (χ2v) is 6.61. The van der Waals surface area contributed by atoms with Crippen molar-refractivity contribution in [2.75, 3.05) is 7.11 Å². The van der Waals surface area contributed by atoms with Crippen LogP contribution >= 0.6 is 0 Å². The number of nitrogens with one attached hydrogen (secondary N) is 1. The third kappa shape index (κ3) is 3.09. The summed E-state index contributed by atoms with van der Waals surface area (Å²) in [7, 11) is 1.66. The second-order valence-electron chi connectivity index (χ2n) is 6.61. The van der Waals surface area contributed by atoms with Crippen molar-refractivity contribution in [2.45, 2.75) is 12.8 Å². The Bertz CT molecular complexity index is 1240. The van der Waals surface area contributed by atoms with Gasteiger partial charge < -0.3 is 14.1 Å². The van der Waals surface area contributed by atoms with Gasteiger partial charge in [0.25, 0.3) is 0 Å². The van der Waals surface area contributed by atoms with Gasteiger partial charge in [-0.2, -0.15) is 0 Å². The van der Waals surface area contributed by atoms with Crippen LogP contribution in [0.4, 0.5) is 0 Å². The smallest absolute Gasteiger partial charge is 0.157 e. The van der Waals surface area contributed by atoms with Crippen LogP contribution in [0.3, 0.4) is 0 Å². The van der Waals surface area contributed by atoms with E-state index < -0.39 is 0 Å². The molecule has 138 valence electrons. The van der Waals surface area contributed by atoms with E-state index in [2.05, 4.69) is 15.0 Å². The number of rotatable bonds is 5. The van der Waals surface area contributed by atoms with Gasteiger partial charge in [0.2, 0.25) is 0 Å². The predicted octanol–water partition coefficient (Wildman–Crippen LogP) is 4.56. The van der Waals surface area contributed by atoms with Crippen molar-refractivity contribution >= 4 is 22.1 Å². The predicted molar refractivity (Wildman–Crippen MR) is 107 cm³/mol. The molecule has 5 rings (SSSR count). The van der Waals surface area contributed by atoms with Gasteiger partial charge in [0.1, 0.15) is 28.4 Å². The van der Waals surface area contributed by atoms with Gasteiger partial charge in [0, 0.05) is 41.5 Å². The van der Waals surface area contributed by atoms with Gasteiger partial charge in [0.05, 0.1) is 7.11 Å². The number of pyridine rings is 2. The number of aromatic amines is 1. The standard InChI is InChI=1S/C22H18N4O2/c1-27-17-8-9-23-16(12-17)6-7-21-25-18-10-15(13-24-22(18)26-21)20-11-14-4-2-3-5-19(14)28-20/h2-5,8-13H,6-7H2,1H3,(H,24,25,26). The number of H-pyrrole nitrogens is 1. The van der Waals surface area contributed by atoms with E-state index in [0.717, 1.165) is 63.6 Å². The summed E-state index contributed by atoms with van der Waals surface area (Å²) >= 11 is 0. The van der Waals surface area contributed by atoms with Gasteiger partial charge in [-0.15, -0.1) is 0 Å². The zero-order valence-electron chi connectivity index (χ0n) is 15.3. The van der Waals surface area contributed by atoms with Crippen LogP contribution in [-0.2, 0) is 12.8 Å². The number of fused-ring (bicyclic) bond motifs is 2. The van der Waals surface area contributed by atoms with E-state index in [-0.39, 0.29) is 0 Å². The van der Waals surface area contributed by atoms with Crippen molar-refractivity contribution in [3.05, 3.63) is 72.4 Å². The molecule has 0 fully saturated rings. The molecule has 0 atom stereocenters. The second kappa shape index (κ2) is 6.81. The summed E-state index contributed by atoms with van der Waals surface area (Å²) < 4.78 is 11.2. The van der Waals surface area contributed by atoms with Crippen molar-refractivity contribution in [1.29, 1.82) is 0 Å². The lowest BCUT2D eigenvalue weighted by atomic mass is 10.2. The first-order chi connectivity index (χ1) is 13.8. The van der Waals surface area contributed by atoms with Gasteiger partial charge in [-0.3, -0.25) is 4.98 Å². The van der Waals surface area contributed by atoms with Crippen LogP contribution < -0.4 is 4.74 Å². The average molecular weight is 370 g/mol. The number of imidazole rings is 1. The number of hydrogen-bond acceptors (Lipinski definition) is 5. The molecule has 0 saturated carbocycles. The SMILES string of the molecule is COc1ccnc(CCc2nc3cc(-c4cc5ccccc5o4)cnc3[nH]2)c1. The van der Waals surface area contributed by atoms with Gasteiger partial charge >= 0.3 is 0 Å². The summed E-state index contributed by atoms with van der Waals surface area (Å²) in [6.45, 7) is 0. The number of aryl methyl sites for hydroxylation is 2. The molecule has 1 N–H and O–H groups in total. The molecule has 0 bridgehead atoms.